The first-order chi connectivity index (χ1) is 15.4. The van der Waals surface area contributed by atoms with Gasteiger partial charge in [-0.3, -0.25) is 4.79 Å². The first kappa shape index (κ1) is 23.7. The van der Waals surface area contributed by atoms with Gasteiger partial charge in [0, 0.05) is 30.5 Å². The number of ketones is 1. The first-order valence-electron chi connectivity index (χ1n) is 10.7. The zero-order valence-electron chi connectivity index (χ0n) is 19.8. The number of hydrogen-bond acceptors (Lipinski definition) is 7. The van der Waals surface area contributed by atoms with Crippen LogP contribution in [0.2, 0.25) is 0 Å². The lowest BCUT2D eigenvalue weighted by molar-refractivity contribution is -0.118. The Morgan fingerprint density at radius 1 is 1.06 bits per heavy atom. The predicted molar refractivity (Wildman–Crippen MR) is 123 cm³/mol. The number of methoxy groups -OCH3 is 3. The smallest absolute Gasteiger partial charge is 0.231 e. The van der Waals surface area contributed by atoms with Crippen LogP contribution in [-0.2, 0) is 17.6 Å². The third kappa shape index (κ3) is 5.27. The second-order valence-electron chi connectivity index (χ2n) is 8.27. The monoisotopic (exact) mass is 443 g/mol. The summed E-state index contributed by atoms with van der Waals surface area (Å²) < 4.78 is 27.8. The summed E-state index contributed by atoms with van der Waals surface area (Å²) in [5.74, 6) is 3.41. The maximum Gasteiger partial charge on any atom is 0.231 e. The molecule has 0 aliphatic carbocycles. The van der Waals surface area contributed by atoms with Crippen LogP contribution in [-0.4, -0.2) is 59.4 Å². The molecular weight excluding hydrogens is 410 g/mol. The SMILES string of the molecule is COc1ccc(OC)c(CC(=O)CC(C)c2c(CCN(C)C)cc3c(c2OC)OCO3)c1. The summed E-state index contributed by atoms with van der Waals surface area (Å²) in [6.45, 7) is 3.10. The van der Waals surface area contributed by atoms with Crippen molar-refractivity contribution in [1.29, 1.82) is 0 Å². The molecule has 0 N–H and O–H groups in total. The fourth-order valence-corrected chi connectivity index (χ4v) is 4.12. The summed E-state index contributed by atoms with van der Waals surface area (Å²) in [6, 6.07) is 7.52. The lowest BCUT2D eigenvalue weighted by atomic mass is 9.87. The molecule has 0 bridgehead atoms. The maximum atomic E-state index is 13.1. The van der Waals surface area contributed by atoms with Crippen LogP contribution < -0.4 is 23.7 Å². The van der Waals surface area contributed by atoms with Crippen LogP contribution in [0.3, 0.4) is 0 Å². The molecule has 2 aromatic rings. The minimum Gasteiger partial charge on any atom is -0.497 e. The largest absolute Gasteiger partial charge is 0.497 e. The molecule has 0 fully saturated rings. The topological polar surface area (TPSA) is 66.5 Å². The van der Waals surface area contributed by atoms with E-state index in [4.69, 9.17) is 23.7 Å². The van der Waals surface area contributed by atoms with E-state index >= 15 is 0 Å². The Kier molecular flexibility index (Phi) is 7.85. The lowest BCUT2D eigenvalue weighted by Crippen LogP contribution is -2.17. The summed E-state index contributed by atoms with van der Waals surface area (Å²) in [5.41, 5.74) is 2.93. The van der Waals surface area contributed by atoms with Gasteiger partial charge < -0.3 is 28.6 Å². The van der Waals surface area contributed by atoms with Gasteiger partial charge in [-0.1, -0.05) is 6.92 Å². The molecule has 0 radical (unpaired) electrons. The van der Waals surface area contributed by atoms with Crippen molar-refractivity contribution < 1.29 is 28.5 Å². The number of Topliss-reactive ketones (excluding diaryl/α,β-unsaturated/α-hetero) is 1. The van der Waals surface area contributed by atoms with Crippen LogP contribution in [0.1, 0.15) is 36.0 Å². The van der Waals surface area contributed by atoms with Crippen LogP contribution in [0.15, 0.2) is 24.3 Å². The molecule has 1 unspecified atom stereocenters. The predicted octanol–water partition coefficient (Wildman–Crippen LogP) is 3.85. The minimum atomic E-state index is -0.0549. The van der Waals surface area contributed by atoms with E-state index in [1.165, 1.54) is 0 Å². The first-order valence-corrected chi connectivity index (χ1v) is 10.7. The number of carbonyl (C=O) groups excluding carboxylic acids is 1. The molecule has 1 aliphatic heterocycles. The fourth-order valence-electron chi connectivity index (χ4n) is 4.12. The Labute approximate surface area is 190 Å². The molecule has 0 saturated carbocycles. The fraction of sp³-hybridized carbons (Fsp3) is 0.480. The molecule has 7 nitrogen and oxygen atoms in total. The molecule has 1 aliphatic rings. The van der Waals surface area contributed by atoms with Crippen molar-refractivity contribution in [2.45, 2.75) is 32.1 Å². The molecule has 32 heavy (non-hydrogen) atoms. The third-order valence-electron chi connectivity index (χ3n) is 5.68. The highest BCUT2D eigenvalue weighted by Crippen LogP contribution is 2.48. The van der Waals surface area contributed by atoms with Crippen LogP contribution in [0.25, 0.3) is 0 Å². The number of rotatable bonds is 11. The van der Waals surface area contributed by atoms with E-state index in [9.17, 15) is 4.79 Å². The van der Waals surface area contributed by atoms with E-state index in [1.807, 2.05) is 38.4 Å². The molecule has 7 heteroatoms. The zero-order chi connectivity index (χ0) is 23.3. The highest BCUT2D eigenvalue weighted by Gasteiger charge is 2.28. The van der Waals surface area contributed by atoms with Gasteiger partial charge in [0.25, 0.3) is 0 Å². The van der Waals surface area contributed by atoms with Gasteiger partial charge in [0.05, 0.1) is 21.3 Å². The average Bonchev–Trinajstić information content (AvgIpc) is 3.24. The summed E-state index contributed by atoms with van der Waals surface area (Å²) >= 11 is 0. The molecule has 2 aromatic carbocycles. The third-order valence-corrected chi connectivity index (χ3v) is 5.68. The molecule has 1 atom stereocenters. The quantitative estimate of drug-likeness (QED) is 0.523. The average molecular weight is 444 g/mol. The van der Waals surface area contributed by atoms with Gasteiger partial charge in [0.2, 0.25) is 12.5 Å². The zero-order valence-corrected chi connectivity index (χ0v) is 19.8. The number of likely N-dealkylation sites (N-methyl/N-ethyl adjacent to an activating group) is 1. The van der Waals surface area contributed by atoms with E-state index in [0.717, 1.165) is 29.7 Å². The van der Waals surface area contributed by atoms with Crippen LogP contribution in [0.5, 0.6) is 28.7 Å². The Balaban J connectivity index is 1.86. The molecule has 0 saturated heterocycles. The molecule has 0 aromatic heterocycles. The molecule has 3 rings (SSSR count). The molecule has 174 valence electrons. The van der Waals surface area contributed by atoms with Gasteiger partial charge in [-0.2, -0.15) is 0 Å². The second kappa shape index (κ2) is 10.6. The number of nitrogens with zero attached hydrogens (tertiary/aromatic N) is 1. The van der Waals surface area contributed by atoms with Crippen molar-refractivity contribution >= 4 is 5.78 Å². The van der Waals surface area contributed by atoms with Gasteiger partial charge in [0.1, 0.15) is 17.3 Å². The molecule has 0 amide bonds. The van der Waals surface area contributed by atoms with Crippen LogP contribution in [0, 0.1) is 0 Å². The Morgan fingerprint density at radius 3 is 2.50 bits per heavy atom. The van der Waals surface area contributed by atoms with E-state index in [0.29, 0.717) is 35.2 Å². The van der Waals surface area contributed by atoms with E-state index in [-0.39, 0.29) is 24.9 Å². The summed E-state index contributed by atoms with van der Waals surface area (Å²) in [4.78, 5) is 15.2. The molecule has 1 heterocycles. The van der Waals surface area contributed by atoms with E-state index < -0.39 is 0 Å². The van der Waals surface area contributed by atoms with Crippen LogP contribution in [0.4, 0.5) is 0 Å². The normalized spacial score (nSPS) is 13.2. The Morgan fingerprint density at radius 2 is 1.84 bits per heavy atom. The van der Waals surface area contributed by atoms with Crippen molar-refractivity contribution in [1.82, 2.24) is 4.90 Å². The molecular formula is C25H33NO6. The van der Waals surface area contributed by atoms with Crippen molar-refractivity contribution in [3.8, 4) is 28.7 Å². The number of benzene rings is 2. The van der Waals surface area contributed by atoms with Gasteiger partial charge >= 0.3 is 0 Å². The molecule has 0 spiro atoms. The van der Waals surface area contributed by atoms with Crippen molar-refractivity contribution in [2.24, 2.45) is 0 Å². The van der Waals surface area contributed by atoms with Gasteiger partial charge in [-0.05, 0) is 56.3 Å². The Bertz CT molecular complexity index is 956. The van der Waals surface area contributed by atoms with Gasteiger partial charge in [0.15, 0.2) is 11.5 Å². The lowest BCUT2D eigenvalue weighted by Gasteiger charge is -2.22. The van der Waals surface area contributed by atoms with E-state index in [2.05, 4.69) is 11.8 Å². The number of ether oxygens (including phenoxy) is 5. The maximum absolute atomic E-state index is 13.1. The summed E-state index contributed by atoms with van der Waals surface area (Å²) in [5, 5.41) is 0. The second-order valence-corrected chi connectivity index (χ2v) is 8.27. The minimum absolute atomic E-state index is 0.0549. The summed E-state index contributed by atoms with van der Waals surface area (Å²) in [6.07, 6.45) is 1.45. The van der Waals surface area contributed by atoms with Crippen molar-refractivity contribution in [2.75, 3.05) is 48.8 Å². The number of fused-ring (bicyclic) bond motifs is 1. The van der Waals surface area contributed by atoms with Crippen molar-refractivity contribution in [3.05, 3.63) is 41.0 Å². The number of hydrogen-bond donors (Lipinski definition) is 0. The van der Waals surface area contributed by atoms with Gasteiger partial charge in [-0.15, -0.1) is 0 Å². The summed E-state index contributed by atoms with van der Waals surface area (Å²) in [7, 11) is 8.92. The van der Waals surface area contributed by atoms with Crippen molar-refractivity contribution in [3.63, 3.8) is 0 Å². The number of carbonyl (C=O) groups is 1. The standard InChI is InChI=1S/C25H33NO6/c1-16(11-19(27)12-18-13-20(28-4)7-8-21(18)29-5)23-17(9-10-26(2)3)14-22-24(25(23)30-6)32-15-31-22/h7-8,13-14,16H,9-12,15H2,1-6H3. The highest BCUT2D eigenvalue weighted by atomic mass is 16.7. The van der Waals surface area contributed by atoms with Crippen LogP contribution >= 0.6 is 0 Å². The highest BCUT2D eigenvalue weighted by molar-refractivity contribution is 5.83. The Hall–Kier alpha value is -2.93. The van der Waals surface area contributed by atoms with E-state index in [1.54, 1.807) is 21.3 Å². The van der Waals surface area contributed by atoms with Gasteiger partial charge in [-0.25, -0.2) is 0 Å².